The largest absolute Gasteiger partial charge is 0.497 e. The molecule has 0 fully saturated rings. The number of methoxy groups -OCH3 is 4. The quantitative estimate of drug-likeness (QED) is 0.438. The van der Waals surface area contributed by atoms with E-state index in [1.165, 1.54) is 0 Å². The molecule has 0 saturated heterocycles. The van der Waals surface area contributed by atoms with E-state index in [9.17, 15) is 0 Å². The van der Waals surface area contributed by atoms with Gasteiger partial charge in [-0.3, -0.25) is 5.43 Å². The molecule has 8 heteroatoms. The first-order chi connectivity index (χ1) is 12.6. The maximum absolute atomic E-state index is 5.40. The van der Waals surface area contributed by atoms with Crippen LogP contribution in [0.3, 0.4) is 0 Å². The molecule has 7 nitrogen and oxygen atoms in total. The van der Waals surface area contributed by atoms with Crippen molar-refractivity contribution >= 4 is 29.2 Å². The fourth-order valence-electron chi connectivity index (χ4n) is 2.25. The standard InChI is InChI=1S/C18H21N3O4S/c1-22-14-7-5-6-13(10-14)20-18(26)21-19-11-12-8-9-15(23-2)17(25-4)16(12)24-3/h5-11H,1-4H3,(H2,20,21,26)/b19-11-. The van der Waals surface area contributed by atoms with Gasteiger partial charge in [0, 0.05) is 17.3 Å². The number of rotatable bonds is 7. The Morgan fingerprint density at radius 2 is 1.73 bits per heavy atom. The number of anilines is 1. The number of nitrogens with zero attached hydrogens (tertiary/aromatic N) is 1. The summed E-state index contributed by atoms with van der Waals surface area (Å²) in [5, 5.41) is 7.50. The van der Waals surface area contributed by atoms with Crippen LogP contribution in [0.1, 0.15) is 5.56 Å². The summed E-state index contributed by atoms with van der Waals surface area (Å²) in [5.41, 5.74) is 4.26. The highest BCUT2D eigenvalue weighted by Crippen LogP contribution is 2.38. The summed E-state index contributed by atoms with van der Waals surface area (Å²) in [4.78, 5) is 0. The van der Waals surface area contributed by atoms with Gasteiger partial charge in [-0.2, -0.15) is 5.10 Å². The van der Waals surface area contributed by atoms with Crippen molar-refractivity contribution < 1.29 is 18.9 Å². The van der Waals surface area contributed by atoms with Gasteiger partial charge < -0.3 is 24.3 Å². The highest BCUT2D eigenvalue weighted by atomic mass is 32.1. The monoisotopic (exact) mass is 375 g/mol. The van der Waals surface area contributed by atoms with Gasteiger partial charge in [0.2, 0.25) is 5.75 Å². The van der Waals surface area contributed by atoms with Crippen molar-refractivity contribution in [2.75, 3.05) is 33.8 Å². The fourth-order valence-corrected chi connectivity index (χ4v) is 2.42. The first kappa shape index (κ1) is 19.3. The van der Waals surface area contributed by atoms with Crippen LogP contribution in [0, 0.1) is 0 Å². The molecule has 0 aliphatic heterocycles. The molecule has 2 aromatic carbocycles. The third kappa shape index (κ3) is 4.76. The highest BCUT2D eigenvalue weighted by Gasteiger charge is 2.14. The lowest BCUT2D eigenvalue weighted by Crippen LogP contribution is -2.23. The van der Waals surface area contributed by atoms with E-state index in [0.29, 0.717) is 27.9 Å². The lowest BCUT2D eigenvalue weighted by molar-refractivity contribution is 0.324. The number of hydrogen-bond donors (Lipinski definition) is 2. The van der Waals surface area contributed by atoms with Crippen LogP contribution in [0.5, 0.6) is 23.0 Å². The summed E-state index contributed by atoms with van der Waals surface area (Å²) in [6, 6.07) is 11.0. The molecule has 26 heavy (non-hydrogen) atoms. The Labute approximate surface area is 157 Å². The Balaban J connectivity index is 2.06. The van der Waals surface area contributed by atoms with Crippen LogP contribution < -0.4 is 29.7 Å². The van der Waals surface area contributed by atoms with Crippen LogP contribution in [0.2, 0.25) is 0 Å². The maximum Gasteiger partial charge on any atom is 0.203 e. The Morgan fingerprint density at radius 3 is 2.38 bits per heavy atom. The minimum atomic E-state index is 0.342. The van der Waals surface area contributed by atoms with Crippen LogP contribution in [-0.4, -0.2) is 39.8 Å². The van der Waals surface area contributed by atoms with Crippen molar-refractivity contribution in [3.05, 3.63) is 42.0 Å². The second kappa shape index (κ2) is 9.47. The average molecular weight is 375 g/mol. The zero-order valence-corrected chi connectivity index (χ0v) is 15.8. The Hall–Kier alpha value is -3.00. The van der Waals surface area contributed by atoms with E-state index in [2.05, 4.69) is 15.8 Å². The zero-order valence-electron chi connectivity index (χ0n) is 15.0. The molecule has 0 radical (unpaired) electrons. The number of hydrazone groups is 1. The topological polar surface area (TPSA) is 73.3 Å². The molecule has 2 N–H and O–H groups in total. The molecule has 0 amide bonds. The van der Waals surface area contributed by atoms with Gasteiger partial charge in [-0.05, 0) is 36.5 Å². The molecule has 0 aliphatic carbocycles. The minimum absolute atomic E-state index is 0.342. The lowest BCUT2D eigenvalue weighted by Gasteiger charge is -2.13. The van der Waals surface area contributed by atoms with Gasteiger partial charge in [-0.15, -0.1) is 0 Å². The lowest BCUT2D eigenvalue weighted by atomic mass is 10.2. The van der Waals surface area contributed by atoms with Crippen molar-refractivity contribution in [2.24, 2.45) is 5.10 Å². The van der Waals surface area contributed by atoms with Gasteiger partial charge in [0.15, 0.2) is 16.6 Å². The van der Waals surface area contributed by atoms with E-state index < -0.39 is 0 Å². The maximum atomic E-state index is 5.40. The van der Waals surface area contributed by atoms with Crippen molar-refractivity contribution in [1.29, 1.82) is 0 Å². The predicted octanol–water partition coefficient (Wildman–Crippen LogP) is 3.04. The van der Waals surface area contributed by atoms with Gasteiger partial charge in [-0.25, -0.2) is 0 Å². The molecular formula is C18H21N3O4S. The summed E-state index contributed by atoms with van der Waals surface area (Å²) in [5.74, 6) is 2.32. The number of thiocarbonyl (C=S) groups is 1. The minimum Gasteiger partial charge on any atom is -0.497 e. The van der Waals surface area contributed by atoms with E-state index in [1.807, 2.05) is 30.3 Å². The van der Waals surface area contributed by atoms with Crippen LogP contribution in [0.25, 0.3) is 0 Å². The first-order valence-electron chi connectivity index (χ1n) is 7.66. The average Bonchev–Trinajstić information content (AvgIpc) is 2.67. The van der Waals surface area contributed by atoms with Crippen molar-refractivity contribution in [2.45, 2.75) is 0 Å². The van der Waals surface area contributed by atoms with E-state index in [1.54, 1.807) is 40.7 Å². The third-order valence-electron chi connectivity index (χ3n) is 3.43. The number of nitrogens with one attached hydrogen (secondary N) is 2. The molecule has 0 spiro atoms. The van der Waals surface area contributed by atoms with E-state index in [4.69, 9.17) is 31.2 Å². The van der Waals surface area contributed by atoms with Crippen molar-refractivity contribution in [1.82, 2.24) is 5.43 Å². The second-order valence-electron chi connectivity index (χ2n) is 4.98. The second-order valence-corrected chi connectivity index (χ2v) is 5.39. The number of ether oxygens (including phenoxy) is 4. The van der Waals surface area contributed by atoms with Crippen LogP contribution in [-0.2, 0) is 0 Å². The summed E-state index contributed by atoms with van der Waals surface area (Å²) in [7, 11) is 6.27. The number of benzene rings is 2. The molecular weight excluding hydrogens is 354 g/mol. The Morgan fingerprint density at radius 1 is 0.962 bits per heavy atom. The van der Waals surface area contributed by atoms with Gasteiger partial charge in [-0.1, -0.05) is 6.07 Å². The Kier molecular flexibility index (Phi) is 7.04. The smallest absolute Gasteiger partial charge is 0.203 e. The van der Waals surface area contributed by atoms with Crippen LogP contribution >= 0.6 is 12.2 Å². The number of hydrogen-bond acceptors (Lipinski definition) is 6. The predicted molar refractivity (Wildman–Crippen MR) is 106 cm³/mol. The summed E-state index contributed by atoms with van der Waals surface area (Å²) >= 11 is 5.23. The van der Waals surface area contributed by atoms with Crippen molar-refractivity contribution in [3.8, 4) is 23.0 Å². The Bertz CT molecular complexity index is 796. The molecule has 0 aromatic heterocycles. The van der Waals surface area contributed by atoms with E-state index >= 15 is 0 Å². The third-order valence-corrected chi connectivity index (χ3v) is 3.63. The van der Waals surface area contributed by atoms with Crippen LogP contribution in [0.15, 0.2) is 41.5 Å². The highest BCUT2D eigenvalue weighted by molar-refractivity contribution is 7.80. The van der Waals surface area contributed by atoms with Crippen molar-refractivity contribution in [3.63, 3.8) is 0 Å². The molecule has 0 heterocycles. The van der Waals surface area contributed by atoms with E-state index in [-0.39, 0.29) is 0 Å². The molecule has 0 bridgehead atoms. The fraction of sp³-hybridized carbons (Fsp3) is 0.222. The SMILES string of the molecule is COc1cccc(NC(=S)N/N=C\c2ccc(OC)c(OC)c2OC)c1. The van der Waals surface area contributed by atoms with Gasteiger partial charge >= 0.3 is 0 Å². The molecule has 2 rings (SSSR count). The summed E-state index contributed by atoms with van der Waals surface area (Å²) in [6.07, 6.45) is 1.58. The van der Waals surface area contributed by atoms with Gasteiger partial charge in [0.25, 0.3) is 0 Å². The molecule has 138 valence electrons. The summed E-state index contributed by atoms with van der Waals surface area (Å²) in [6.45, 7) is 0. The molecule has 0 saturated carbocycles. The normalized spacial score (nSPS) is 10.3. The van der Waals surface area contributed by atoms with Gasteiger partial charge in [0.1, 0.15) is 5.75 Å². The summed E-state index contributed by atoms with van der Waals surface area (Å²) < 4.78 is 21.2. The molecule has 0 atom stereocenters. The van der Waals surface area contributed by atoms with E-state index in [0.717, 1.165) is 11.4 Å². The van der Waals surface area contributed by atoms with Crippen LogP contribution in [0.4, 0.5) is 5.69 Å². The zero-order chi connectivity index (χ0) is 18.9. The molecule has 2 aromatic rings. The molecule has 0 aliphatic rings. The van der Waals surface area contributed by atoms with Gasteiger partial charge in [0.05, 0.1) is 34.7 Å². The molecule has 0 unspecified atom stereocenters. The first-order valence-corrected chi connectivity index (χ1v) is 8.06.